The molecule has 0 bridgehead atoms. The Kier molecular flexibility index (Phi) is 8.34. The van der Waals surface area contributed by atoms with Crippen LogP contribution in [0.2, 0.25) is 0 Å². The molecular formula is C11H17F3N3O13P3. The molecule has 2 heterocycles. The lowest BCUT2D eigenvalue weighted by Crippen LogP contribution is -2.47. The van der Waals surface area contributed by atoms with Crippen LogP contribution in [0.25, 0.3) is 0 Å². The van der Waals surface area contributed by atoms with Crippen molar-refractivity contribution in [1.82, 2.24) is 9.55 Å². The Bertz CT molecular complexity index is 1070. The Morgan fingerprint density at radius 2 is 1.82 bits per heavy atom. The minimum atomic E-state index is -5.94. The van der Waals surface area contributed by atoms with Crippen LogP contribution in [-0.4, -0.2) is 65.1 Å². The number of aromatic nitrogens is 2. The summed E-state index contributed by atoms with van der Waals surface area (Å²) in [4.78, 5) is 50.8. The maximum absolute atomic E-state index is 14.7. The van der Waals surface area contributed by atoms with Crippen LogP contribution in [-0.2, 0) is 31.6 Å². The van der Waals surface area contributed by atoms with Gasteiger partial charge in [-0.3, -0.25) is 9.09 Å². The van der Waals surface area contributed by atoms with Gasteiger partial charge < -0.3 is 35.2 Å². The summed E-state index contributed by atoms with van der Waals surface area (Å²) in [6.45, 7) is -1.59. The average molecular weight is 549 g/mol. The topological polar surface area (TPSA) is 250 Å². The first-order valence-electron chi connectivity index (χ1n) is 8.27. The van der Waals surface area contributed by atoms with E-state index in [9.17, 15) is 41.7 Å². The minimum absolute atomic E-state index is 0.281. The van der Waals surface area contributed by atoms with Crippen LogP contribution in [0.3, 0.4) is 0 Å². The summed E-state index contributed by atoms with van der Waals surface area (Å²) < 4.78 is 91.6. The second-order valence-electron chi connectivity index (χ2n) is 6.46. The largest absolute Gasteiger partial charge is 0.490 e. The number of nitrogen functional groups attached to an aromatic ring is 1. The van der Waals surface area contributed by atoms with Crippen molar-refractivity contribution in [2.45, 2.75) is 37.0 Å². The number of hydrogen-bond acceptors (Lipinski definition) is 11. The normalized spacial score (nSPS) is 29.7. The molecule has 16 nitrogen and oxygen atoms in total. The monoisotopic (exact) mass is 549 g/mol. The molecular weight excluding hydrogens is 532 g/mol. The Morgan fingerprint density at radius 1 is 1.21 bits per heavy atom. The molecule has 2 rings (SSSR count). The van der Waals surface area contributed by atoms with Gasteiger partial charge in [-0.25, -0.2) is 31.7 Å². The molecule has 0 radical (unpaired) electrons. The lowest BCUT2D eigenvalue weighted by atomic mass is 9.93. The van der Waals surface area contributed by atoms with Crippen LogP contribution in [0.4, 0.5) is 19.0 Å². The third kappa shape index (κ3) is 7.39. The van der Waals surface area contributed by atoms with E-state index in [2.05, 4.69) is 18.1 Å². The van der Waals surface area contributed by atoms with Crippen molar-refractivity contribution in [3.8, 4) is 0 Å². The molecule has 1 aromatic rings. The number of nitrogens with two attached hydrogens (primary N) is 1. The minimum Gasteiger partial charge on any atom is -0.387 e. The van der Waals surface area contributed by atoms with Crippen LogP contribution in [0.1, 0.15) is 12.6 Å². The van der Waals surface area contributed by atoms with Gasteiger partial charge in [-0.2, -0.15) is 13.6 Å². The summed E-state index contributed by atoms with van der Waals surface area (Å²) in [5.74, 6) is -0.281. The molecule has 1 aromatic heterocycles. The van der Waals surface area contributed by atoms with Gasteiger partial charge in [0.15, 0.2) is 12.4 Å². The van der Waals surface area contributed by atoms with E-state index in [0.717, 1.165) is 12.3 Å². The fourth-order valence-electron chi connectivity index (χ4n) is 2.75. The van der Waals surface area contributed by atoms with Crippen molar-refractivity contribution < 1.29 is 69.4 Å². The second kappa shape index (κ2) is 9.81. The highest BCUT2D eigenvalue weighted by Gasteiger charge is 2.58. The zero-order valence-electron chi connectivity index (χ0n) is 15.8. The van der Waals surface area contributed by atoms with Gasteiger partial charge in [0, 0.05) is 12.6 Å². The predicted octanol–water partition coefficient (Wildman–Crippen LogP) is -0.209. The van der Waals surface area contributed by atoms with E-state index in [1.54, 1.807) is 0 Å². The van der Waals surface area contributed by atoms with E-state index >= 15 is 0 Å². The van der Waals surface area contributed by atoms with Crippen LogP contribution in [0.5, 0.6) is 0 Å². The number of phosphoric acid groups is 3. The molecule has 2 unspecified atom stereocenters. The van der Waals surface area contributed by atoms with Crippen molar-refractivity contribution >= 4 is 29.3 Å². The van der Waals surface area contributed by atoms with Gasteiger partial charge in [-0.05, 0) is 6.07 Å². The molecule has 7 N–H and O–H groups in total. The summed E-state index contributed by atoms with van der Waals surface area (Å²) >= 11 is 0. The lowest BCUT2D eigenvalue weighted by molar-refractivity contribution is -0.148. The van der Waals surface area contributed by atoms with Gasteiger partial charge in [-0.15, -0.1) is 0 Å². The number of hydrogen-bond donors (Lipinski definition) is 6. The Labute approximate surface area is 181 Å². The van der Waals surface area contributed by atoms with Crippen molar-refractivity contribution in [1.29, 1.82) is 0 Å². The highest BCUT2D eigenvalue weighted by atomic mass is 31.3. The maximum atomic E-state index is 14.7. The number of aliphatic hydroxyl groups is 1. The van der Waals surface area contributed by atoms with Gasteiger partial charge >= 0.3 is 29.2 Å². The molecule has 0 aromatic carbocycles. The third-order valence-corrected chi connectivity index (χ3v) is 7.76. The Hall–Kier alpha value is -1.20. The summed E-state index contributed by atoms with van der Waals surface area (Å²) in [6.07, 6.45) is -11.2. The molecule has 1 aliphatic rings. The standard InChI is InChI=1S/C11H17F3N3O13P3/c12-5(13)3-11(4-27-32(23,24)30-33(25,26)29-31(20,21)22)8(18)7(14)9(28-11)17-2-1-6(15)16-10(17)19/h1-2,5,7-9,18H,3-4H2,(H,23,24)(H,25,26)(H2,15,16,19)(H2,20,21,22)/t7-,8+,9-,11-/m1/s1. The highest BCUT2D eigenvalue weighted by Crippen LogP contribution is 2.66. The highest BCUT2D eigenvalue weighted by molar-refractivity contribution is 7.66. The molecule has 190 valence electrons. The van der Waals surface area contributed by atoms with Crippen LogP contribution in [0.15, 0.2) is 17.1 Å². The van der Waals surface area contributed by atoms with Gasteiger partial charge in [0.25, 0.3) is 0 Å². The summed E-state index contributed by atoms with van der Waals surface area (Å²) in [5, 5.41) is 10.2. The number of nitrogens with zero attached hydrogens (tertiary/aromatic N) is 2. The van der Waals surface area contributed by atoms with Crippen molar-refractivity contribution in [2.75, 3.05) is 12.3 Å². The van der Waals surface area contributed by atoms with Gasteiger partial charge in [0.05, 0.1) is 6.61 Å². The molecule has 1 fully saturated rings. The zero-order valence-corrected chi connectivity index (χ0v) is 18.5. The average Bonchev–Trinajstić information content (AvgIpc) is 2.82. The number of halogens is 3. The summed E-state index contributed by atoms with van der Waals surface area (Å²) in [6, 6.07) is 1.02. The first-order chi connectivity index (χ1) is 14.9. The lowest BCUT2D eigenvalue weighted by Gasteiger charge is -2.31. The van der Waals surface area contributed by atoms with E-state index in [0.29, 0.717) is 4.57 Å². The van der Waals surface area contributed by atoms with E-state index in [1.807, 2.05) is 0 Å². The van der Waals surface area contributed by atoms with Gasteiger partial charge in [-0.1, -0.05) is 0 Å². The van der Waals surface area contributed by atoms with E-state index in [-0.39, 0.29) is 5.82 Å². The predicted molar refractivity (Wildman–Crippen MR) is 97.1 cm³/mol. The van der Waals surface area contributed by atoms with Gasteiger partial charge in [0.2, 0.25) is 6.43 Å². The Morgan fingerprint density at radius 3 is 2.33 bits per heavy atom. The zero-order chi connectivity index (χ0) is 25.4. The first kappa shape index (κ1) is 28.0. The number of rotatable bonds is 10. The van der Waals surface area contributed by atoms with E-state index < -0.39 is 72.7 Å². The molecule has 0 spiro atoms. The molecule has 0 amide bonds. The smallest absolute Gasteiger partial charge is 0.387 e. The van der Waals surface area contributed by atoms with Crippen molar-refractivity contribution in [3.05, 3.63) is 22.7 Å². The molecule has 6 atom stereocenters. The van der Waals surface area contributed by atoms with Crippen LogP contribution >= 0.6 is 23.5 Å². The van der Waals surface area contributed by atoms with E-state index in [1.165, 1.54) is 0 Å². The molecule has 1 aliphatic heterocycles. The van der Waals surface area contributed by atoms with Gasteiger partial charge in [0.1, 0.15) is 17.5 Å². The van der Waals surface area contributed by atoms with E-state index in [4.69, 9.17) is 25.2 Å². The fourth-order valence-corrected chi connectivity index (χ4v) is 5.83. The number of anilines is 1. The summed E-state index contributed by atoms with van der Waals surface area (Å²) in [7, 11) is -17.5. The molecule has 0 aliphatic carbocycles. The third-order valence-electron chi connectivity index (χ3n) is 3.98. The summed E-state index contributed by atoms with van der Waals surface area (Å²) in [5.41, 5.74) is 1.28. The number of aliphatic hydroxyl groups excluding tert-OH is 1. The molecule has 0 saturated carbocycles. The number of ether oxygens (including phenoxy) is 1. The molecule has 1 saturated heterocycles. The van der Waals surface area contributed by atoms with Crippen LogP contribution in [0, 0.1) is 0 Å². The molecule has 33 heavy (non-hydrogen) atoms. The quantitative estimate of drug-likeness (QED) is 0.207. The first-order valence-corrected chi connectivity index (χ1v) is 12.8. The van der Waals surface area contributed by atoms with Crippen LogP contribution < -0.4 is 11.4 Å². The van der Waals surface area contributed by atoms with Crippen molar-refractivity contribution in [2.24, 2.45) is 0 Å². The number of phosphoric ester groups is 1. The van der Waals surface area contributed by atoms with Crippen molar-refractivity contribution in [3.63, 3.8) is 0 Å². The fraction of sp³-hybridized carbons (Fsp3) is 0.636. The molecule has 22 heteroatoms. The SMILES string of the molecule is Nc1ccn([C@@H]2O[C@@](COP(=O)(O)OP(=O)(O)OP(=O)(O)O)(CC(F)F)[C@@H](O)[C@H]2F)c(=O)n1. The second-order valence-corrected chi connectivity index (χ2v) is 10.9. The Balaban J connectivity index is 2.29. The number of alkyl halides is 3. The maximum Gasteiger partial charge on any atom is 0.490 e.